The first-order valence-corrected chi connectivity index (χ1v) is 12.8. The first-order chi connectivity index (χ1) is 17.2. The molecule has 4 heterocycles. The molecular formula is C26H34N6O4. The number of imide groups is 1. The van der Waals surface area contributed by atoms with Crippen LogP contribution in [0.2, 0.25) is 0 Å². The Morgan fingerprint density at radius 1 is 1.25 bits per heavy atom. The summed E-state index contributed by atoms with van der Waals surface area (Å²) >= 11 is 0. The maximum absolute atomic E-state index is 12.8. The quantitative estimate of drug-likeness (QED) is 0.565. The molecule has 2 aromatic rings. The normalized spacial score (nSPS) is 23.2. The van der Waals surface area contributed by atoms with Crippen LogP contribution in [0.15, 0.2) is 24.5 Å². The molecule has 192 valence electrons. The van der Waals surface area contributed by atoms with Crippen molar-refractivity contribution in [2.24, 2.45) is 0 Å². The number of anilines is 1. The van der Waals surface area contributed by atoms with E-state index < -0.39 is 11.1 Å². The number of carbonyl (C=O) groups excluding carboxylic acids is 3. The number of aryl methyl sites for hydroxylation is 1. The number of aliphatic hydroxyl groups is 1. The highest BCUT2D eigenvalue weighted by Gasteiger charge is 2.52. The van der Waals surface area contributed by atoms with E-state index >= 15 is 0 Å². The fraction of sp³-hybridized carbons (Fsp3) is 0.577. The molecule has 2 aromatic heterocycles. The van der Waals surface area contributed by atoms with Crippen LogP contribution in [0.25, 0.3) is 10.9 Å². The van der Waals surface area contributed by atoms with Crippen LogP contribution in [0.1, 0.15) is 50.6 Å². The molecule has 1 spiro atoms. The molecule has 1 aliphatic carbocycles. The first kappa shape index (κ1) is 24.4. The van der Waals surface area contributed by atoms with Gasteiger partial charge in [0.1, 0.15) is 11.1 Å². The minimum atomic E-state index is -1.03. The first-order valence-electron chi connectivity index (χ1n) is 12.8. The van der Waals surface area contributed by atoms with Crippen LogP contribution in [0.5, 0.6) is 0 Å². The van der Waals surface area contributed by atoms with Gasteiger partial charge in [-0.3, -0.25) is 24.5 Å². The van der Waals surface area contributed by atoms with Crippen molar-refractivity contribution in [3.63, 3.8) is 0 Å². The number of fused-ring (bicyclic) bond motifs is 1. The Morgan fingerprint density at radius 3 is 2.81 bits per heavy atom. The Kier molecular flexibility index (Phi) is 6.32. The lowest BCUT2D eigenvalue weighted by Crippen LogP contribution is -2.46. The standard InChI is InChI=1S/C26H34N6O4/c1-18-14-21(19-15-27-11-7-20(19)28-18)31-13-10-25(36,17-31)16-30(2)22(33)6-5-12-32-23(34)26(29-24(32)35)8-3-4-9-26/h7,11,14-15,36H,3-6,8-10,12-13,16-17H2,1-2H3,(H,29,35). The van der Waals surface area contributed by atoms with Crippen molar-refractivity contribution in [1.82, 2.24) is 25.1 Å². The molecule has 1 saturated carbocycles. The van der Waals surface area contributed by atoms with E-state index in [2.05, 4.69) is 20.2 Å². The van der Waals surface area contributed by atoms with Crippen LogP contribution < -0.4 is 10.2 Å². The topological polar surface area (TPSA) is 119 Å². The zero-order valence-corrected chi connectivity index (χ0v) is 21.0. The van der Waals surface area contributed by atoms with Gasteiger partial charge in [-0.2, -0.15) is 0 Å². The maximum Gasteiger partial charge on any atom is 0.325 e. The van der Waals surface area contributed by atoms with E-state index in [1.54, 1.807) is 24.3 Å². The molecular weight excluding hydrogens is 460 g/mol. The number of hydrogen-bond donors (Lipinski definition) is 2. The lowest BCUT2D eigenvalue weighted by molar-refractivity contribution is -0.134. The zero-order valence-electron chi connectivity index (χ0n) is 21.0. The largest absolute Gasteiger partial charge is 0.386 e. The van der Waals surface area contributed by atoms with Gasteiger partial charge in [-0.15, -0.1) is 0 Å². The molecule has 0 aromatic carbocycles. The molecule has 0 radical (unpaired) electrons. The molecule has 2 N–H and O–H groups in total. The van der Waals surface area contributed by atoms with Gasteiger partial charge >= 0.3 is 6.03 Å². The number of rotatable bonds is 7. The minimum Gasteiger partial charge on any atom is -0.386 e. The van der Waals surface area contributed by atoms with Gasteiger partial charge in [0.25, 0.3) is 5.91 Å². The highest BCUT2D eigenvalue weighted by atomic mass is 16.3. The number of urea groups is 1. The van der Waals surface area contributed by atoms with Crippen molar-refractivity contribution in [2.75, 3.05) is 38.1 Å². The Labute approximate surface area is 210 Å². The molecule has 0 bridgehead atoms. The van der Waals surface area contributed by atoms with E-state index in [1.165, 1.54) is 4.90 Å². The molecule has 36 heavy (non-hydrogen) atoms. The number of amides is 4. The van der Waals surface area contributed by atoms with E-state index in [0.717, 1.165) is 35.1 Å². The van der Waals surface area contributed by atoms with Crippen LogP contribution in [-0.4, -0.2) is 87.1 Å². The molecule has 5 rings (SSSR count). The van der Waals surface area contributed by atoms with Crippen LogP contribution >= 0.6 is 0 Å². The lowest BCUT2D eigenvalue weighted by Gasteiger charge is -2.30. The van der Waals surface area contributed by atoms with E-state index in [0.29, 0.717) is 38.8 Å². The molecule has 1 unspecified atom stereocenters. The summed E-state index contributed by atoms with van der Waals surface area (Å²) in [6, 6.07) is 3.54. The summed E-state index contributed by atoms with van der Waals surface area (Å²) < 4.78 is 0. The van der Waals surface area contributed by atoms with Gasteiger partial charge in [-0.05, 0) is 44.7 Å². The fourth-order valence-corrected chi connectivity index (χ4v) is 5.94. The van der Waals surface area contributed by atoms with Crippen LogP contribution in [0.4, 0.5) is 10.5 Å². The number of likely N-dealkylation sites (N-methyl/N-ethyl adjacent to an activating group) is 1. The predicted molar refractivity (Wildman–Crippen MR) is 134 cm³/mol. The average Bonchev–Trinajstić information content (AvgIpc) is 3.53. The third-order valence-corrected chi connectivity index (χ3v) is 7.82. The summed E-state index contributed by atoms with van der Waals surface area (Å²) in [7, 11) is 1.69. The van der Waals surface area contributed by atoms with Gasteiger partial charge in [-0.25, -0.2) is 4.79 Å². The third kappa shape index (κ3) is 4.50. The zero-order chi connectivity index (χ0) is 25.5. The minimum absolute atomic E-state index is 0.112. The maximum atomic E-state index is 12.8. The van der Waals surface area contributed by atoms with Crippen LogP contribution in [0.3, 0.4) is 0 Å². The second kappa shape index (κ2) is 9.31. The summed E-state index contributed by atoms with van der Waals surface area (Å²) in [4.78, 5) is 51.7. The lowest BCUT2D eigenvalue weighted by atomic mass is 9.98. The number of nitrogens with one attached hydrogen (secondary N) is 1. The van der Waals surface area contributed by atoms with Gasteiger partial charge in [0.15, 0.2) is 0 Å². The molecule has 4 amide bonds. The number of aromatic nitrogens is 2. The van der Waals surface area contributed by atoms with Crippen molar-refractivity contribution in [1.29, 1.82) is 0 Å². The molecule has 10 heteroatoms. The van der Waals surface area contributed by atoms with Crippen LogP contribution in [-0.2, 0) is 9.59 Å². The number of nitrogens with zero attached hydrogens (tertiary/aromatic N) is 5. The summed E-state index contributed by atoms with van der Waals surface area (Å²) in [5.41, 5.74) is 1.01. The van der Waals surface area contributed by atoms with Gasteiger partial charge in [-0.1, -0.05) is 12.8 Å². The van der Waals surface area contributed by atoms with Crippen molar-refractivity contribution >= 4 is 34.4 Å². The Balaban J connectivity index is 1.15. The van der Waals surface area contributed by atoms with Gasteiger partial charge < -0.3 is 20.2 Å². The van der Waals surface area contributed by atoms with Gasteiger partial charge in [0.2, 0.25) is 5.91 Å². The Morgan fingerprint density at radius 2 is 2.03 bits per heavy atom. The average molecular weight is 495 g/mol. The van der Waals surface area contributed by atoms with Crippen molar-refractivity contribution in [3.05, 3.63) is 30.2 Å². The highest BCUT2D eigenvalue weighted by Crippen LogP contribution is 2.35. The number of carbonyl (C=O) groups is 3. The van der Waals surface area contributed by atoms with E-state index in [9.17, 15) is 19.5 Å². The van der Waals surface area contributed by atoms with Crippen molar-refractivity contribution < 1.29 is 19.5 Å². The molecule has 1 atom stereocenters. The summed E-state index contributed by atoms with van der Waals surface area (Å²) in [5, 5.41) is 15.1. The monoisotopic (exact) mass is 494 g/mol. The second-order valence-electron chi connectivity index (χ2n) is 10.6. The third-order valence-electron chi connectivity index (χ3n) is 7.82. The van der Waals surface area contributed by atoms with E-state index in [4.69, 9.17) is 0 Å². The summed E-state index contributed by atoms with van der Waals surface area (Å²) in [6.45, 7) is 3.47. The van der Waals surface area contributed by atoms with E-state index in [1.807, 2.05) is 19.1 Å². The Hall–Kier alpha value is -3.27. The van der Waals surface area contributed by atoms with Crippen LogP contribution in [0, 0.1) is 6.92 Å². The molecule has 3 fully saturated rings. The summed E-state index contributed by atoms with van der Waals surface area (Å²) in [5.74, 6) is -0.265. The fourth-order valence-electron chi connectivity index (χ4n) is 5.94. The molecule has 2 aliphatic heterocycles. The SMILES string of the molecule is Cc1cc(N2CCC(O)(CN(C)C(=O)CCCN3C(=O)NC4(CCCC4)C3=O)C2)c2cnccc2n1. The van der Waals surface area contributed by atoms with Gasteiger partial charge in [0.05, 0.1) is 12.1 Å². The number of hydrogen-bond acceptors (Lipinski definition) is 7. The van der Waals surface area contributed by atoms with E-state index in [-0.39, 0.29) is 37.4 Å². The molecule has 10 nitrogen and oxygen atoms in total. The predicted octanol–water partition coefficient (Wildman–Crippen LogP) is 1.98. The molecule has 3 aliphatic rings. The summed E-state index contributed by atoms with van der Waals surface area (Å²) in [6.07, 6.45) is 7.93. The van der Waals surface area contributed by atoms with Crippen molar-refractivity contribution in [3.8, 4) is 0 Å². The second-order valence-corrected chi connectivity index (χ2v) is 10.6. The van der Waals surface area contributed by atoms with Crippen molar-refractivity contribution in [2.45, 2.75) is 63.0 Å². The molecule has 2 saturated heterocycles. The smallest absolute Gasteiger partial charge is 0.325 e. The Bertz CT molecular complexity index is 1200. The van der Waals surface area contributed by atoms with Gasteiger partial charge in [0, 0.05) is 62.3 Å². The number of pyridine rings is 2. The highest BCUT2D eigenvalue weighted by molar-refractivity contribution is 6.07. The number of β-amino-alcohol motifs (C(OH)–C–C–N with tert-alkyl or cyclic N) is 1.